The van der Waals surface area contributed by atoms with Crippen LogP contribution in [-0.2, 0) is 6.54 Å². The largest absolute Gasteiger partial charge is 0.381 e. The lowest BCUT2D eigenvalue weighted by molar-refractivity contribution is 0.545. The maximum atomic E-state index is 5.38. The number of aromatic nitrogens is 3. The molecule has 2 N–H and O–H groups in total. The molecule has 0 radical (unpaired) electrons. The normalized spacial score (nSPS) is 10.7. The minimum absolute atomic E-state index is 0.461. The Morgan fingerprint density at radius 1 is 1.67 bits per heavy atom. The van der Waals surface area contributed by atoms with Gasteiger partial charge in [-0.2, -0.15) is 9.90 Å². The van der Waals surface area contributed by atoms with E-state index in [2.05, 4.69) is 16.8 Å². The molecule has 64 valence electrons. The minimum Gasteiger partial charge on any atom is -0.381 e. The van der Waals surface area contributed by atoms with Crippen molar-refractivity contribution >= 4 is 5.82 Å². The van der Waals surface area contributed by atoms with E-state index in [1.165, 1.54) is 6.20 Å². The molecule has 1 aromatic rings. The third kappa shape index (κ3) is 2.57. The van der Waals surface area contributed by atoms with Crippen LogP contribution in [0.4, 0.5) is 5.82 Å². The molecule has 1 rings (SSSR count). The van der Waals surface area contributed by atoms with Crippen molar-refractivity contribution in [1.82, 2.24) is 15.0 Å². The number of allylic oxidation sites excluding steroid dienone is 3. The highest BCUT2D eigenvalue weighted by atomic mass is 15.5. The predicted molar refractivity (Wildman–Crippen MR) is 48.4 cm³/mol. The number of nitrogen functional groups attached to an aromatic ring is 1. The standard InChI is InChI=1S/C8H12N4/c1-2-3-4-5-6-12-10-7-8(9)11-12/h2-4,7H,1,5-6H2,(H2,9,11)/b4-3+. The van der Waals surface area contributed by atoms with Gasteiger partial charge < -0.3 is 5.73 Å². The van der Waals surface area contributed by atoms with Gasteiger partial charge in [-0.05, 0) is 6.42 Å². The lowest BCUT2D eigenvalue weighted by atomic mass is 10.4. The summed E-state index contributed by atoms with van der Waals surface area (Å²) in [4.78, 5) is 1.57. The van der Waals surface area contributed by atoms with Gasteiger partial charge in [-0.15, -0.1) is 5.10 Å². The zero-order valence-corrected chi connectivity index (χ0v) is 6.85. The van der Waals surface area contributed by atoms with E-state index in [-0.39, 0.29) is 0 Å². The van der Waals surface area contributed by atoms with Crippen LogP contribution in [0.5, 0.6) is 0 Å². The quantitative estimate of drug-likeness (QED) is 0.675. The lowest BCUT2D eigenvalue weighted by Gasteiger charge is -1.93. The van der Waals surface area contributed by atoms with Crippen molar-refractivity contribution in [3.05, 3.63) is 31.0 Å². The summed E-state index contributed by atoms with van der Waals surface area (Å²) in [5.74, 6) is 0.461. The molecule has 12 heavy (non-hydrogen) atoms. The number of hydrogen-bond acceptors (Lipinski definition) is 3. The van der Waals surface area contributed by atoms with Gasteiger partial charge in [0, 0.05) is 0 Å². The lowest BCUT2D eigenvalue weighted by Crippen LogP contribution is -2.01. The molecule has 4 nitrogen and oxygen atoms in total. The smallest absolute Gasteiger partial charge is 0.165 e. The van der Waals surface area contributed by atoms with Crippen molar-refractivity contribution in [1.29, 1.82) is 0 Å². The summed E-state index contributed by atoms with van der Waals surface area (Å²) in [6.45, 7) is 4.32. The molecule has 0 saturated heterocycles. The van der Waals surface area contributed by atoms with Gasteiger partial charge in [0.1, 0.15) is 0 Å². The summed E-state index contributed by atoms with van der Waals surface area (Å²) in [6, 6.07) is 0. The van der Waals surface area contributed by atoms with Gasteiger partial charge in [0.2, 0.25) is 0 Å². The predicted octanol–water partition coefficient (Wildman–Crippen LogP) is 0.993. The van der Waals surface area contributed by atoms with Crippen LogP contribution in [0.15, 0.2) is 31.0 Å². The van der Waals surface area contributed by atoms with Crippen molar-refractivity contribution in [2.45, 2.75) is 13.0 Å². The summed E-state index contributed by atoms with van der Waals surface area (Å²) in [5, 5.41) is 7.87. The molecule has 0 amide bonds. The van der Waals surface area contributed by atoms with Crippen LogP contribution in [0.25, 0.3) is 0 Å². The van der Waals surface area contributed by atoms with Crippen LogP contribution in [-0.4, -0.2) is 15.0 Å². The van der Waals surface area contributed by atoms with E-state index in [0.29, 0.717) is 5.82 Å². The highest BCUT2D eigenvalue weighted by Crippen LogP contribution is 1.93. The summed E-state index contributed by atoms with van der Waals surface area (Å²) >= 11 is 0. The molecule has 0 spiro atoms. The second-order valence-corrected chi connectivity index (χ2v) is 2.32. The van der Waals surface area contributed by atoms with E-state index in [1.54, 1.807) is 10.9 Å². The number of anilines is 1. The second kappa shape index (κ2) is 4.33. The summed E-state index contributed by atoms with van der Waals surface area (Å²) in [6.07, 6.45) is 8.07. The van der Waals surface area contributed by atoms with E-state index in [1.807, 2.05) is 12.2 Å². The van der Waals surface area contributed by atoms with Crippen LogP contribution < -0.4 is 5.73 Å². The molecule has 0 aliphatic heterocycles. The van der Waals surface area contributed by atoms with Gasteiger partial charge in [-0.25, -0.2) is 0 Å². The number of aryl methyl sites for hydroxylation is 1. The second-order valence-electron chi connectivity index (χ2n) is 2.32. The molecule has 0 aliphatic carbocycles. The first-order chi connectivity index (χ1) is 5.83. The maximum absolute atomic E-state index is 5.38. The average Bonchev–Trinajstić information content (AvgIpc) is 2.45. The number of nitrogens with zero attached hydrogens (tertiary/aromatic N) is 3. The Balaban J connectivity index is 2.33. The van der Waals surface area contributed by atoms with E-state index in [9.17, 15) is 0 Å². The third-order valence-electron chi connectivity index (χ3n) is 1.32. The van der Waals surface area contributed by atoms with Gasteiger partial charge in [-0.1, -0.05) is 24.8 Å². The number of hydrogen-bond donors (Lipinski definition) is 1. The van der Waals surface area contributed by atoms with Gasteiger partial charge in [0.05, 0.1) is 12.7 Å². The fourth-order valence-electron chi connectivity index (χ4n) is 0.801. The van der Waals surface area contributed by atoms with Gasteiger partial charge in [-0.3, -0.25) is 0 Å². The zero-order valence-electron chi connectivity index (χ0n) is 6.85. The Labute approximate surface area is 71.4 Å². The molecule has 4 heteroatoms. The van der Waals surface area contributed by atoms with Gasteiger partial charge >= 0.3 is 0 Å². The zero-order chi connectivity index (χ0) is 8.81. The first-order valence-corrected chi connectivity index (χ1v) is 3.76. The van der Waals surface area contributed by atoms with Crippen molar-refractivity contribution in [3.63, 3.8) is 0 Å². The fraction of sp³-hybridized carbons (Fsp3) is 0.250. The van der Waals surface area contributed by atoms with Crippen LogP contribution in [0.1, 0.15) is 6.42 Å². The van der Waals surface area contributed by atoms with E-state index in [4.69, 9.17) is 5.73 Å². The first-order valence-electron chi connectivity index (χ1n) is 3.76. The van der Waals surface area contributed by atoms with Gasteiger partial charge in [0.25, 0.3) is 0 Å². The SMILES string of the molecule is C=C/C=C/CCn1ncc(N)n1. The van der Waals surface area contributed by atoms with Crippen LogP contribution >= 0.6 is 0 Å². The van der Waals surface area contributed by atoms with Crippen LogP contribution in [0.3, 0.4) is 0 Å². The number of rotatable bonds is 4. The van der Waals surface area contributed by atoms with Crippen molar-refractivity contribution < 1.29 is 0 Å². The Kier molecular flexibility index (Phi) is 3.07. The maximum Gasteiger partial charge on any atom is 0.165 e. The molecule has 0 aromatic carbocycles. The Hall–Kier alpha value is -1.58. The molecule has 0 aliphatic rings. The molecule has 1 aromatic heterocycles. The molecule has 0 atom stereocenters. The third-order valence-corrected chi connectivity index (χ3v) is 1.32. The Bertz CT molecular complexity index is 274. The topological polar surface area (TPSA) is 56.7 Å². The van der Waals surface area contributed by atoms with Gasteiger partial charge in [0.15, 0.2) is 5.82 Å². The van der Waals surface area contributed by atoms with Crippen molar-refractivity contribution in [2.75, 3.05) is 5.73 Å². The molecule has 0 fully saturated rings. The van der Waals surface area contributed by atoms with E-state index >= 15 is 0 Å². The summed E-state index contributed by atoms with van der Waals surface area (Å²) < 4.78 is 0. The van der Waals surface area contributed by atoms with Crippen LogP contribution in [0.2, 0.25) is 0 Å². The summed E-state index contributed by atoms with van der Waals surface area (Å²) in [7, 11) is 0. The molecular weight excluding hydrogens is 152 g/mol. The van der Waals surface area contributed by atoms with E-state index in [0.717, 1.165) is 13.0 Å². The molecule has 1 heterocycles. The first kappa shape index (κ1) is 8.52. The highest BCUT2D eigenvalue weighted by Gasteiger charge is 1.92. The minimum atomic E-state index is 0.461. The van der Waals surface area contributed by atoms with Crippen LogP contribution in [0, 0.1) is 0 Å². The van der Waals surface area contributed by atoms with E-state index < -0.39 is 0 Å². The monoisotopic (exact) mass is 164 g/mol. The molecular formula is C8H12N4. The molecule has 0 saturated carbocycles. The average molecular weight is 164 g/mol. The molecule has 0 bridgehead atoms. The molecule has 0 unspecified atom stereocenters. The number of nitrogens with two attached hydrogens (primary N) is 1. The highest BCUT2D eigenvalue weighted by molar-refractivity contribution is 5.19. The van der Waals surface area contributed by atoms with Crippen molar-refractivity contribution in [3.8, 4) is 0 Å². The summed E-state index contributed by atoms with van der Waals surface area (Å²) in [5.41, 5.74) is 5.38. The fourth-order valence-corrected chi connectivity index (χ4v) is 0.801. The van der Waals surface area contributed by atoms with Crippen molar-refractivity contribution in [2.24, 2.45) is 0 Å². The Morgan fingerprint density at radius 2 is 2.50 bits per heavy atom. The Morgan fingerprint density at radius 3 is 3.08 bits per heavy atom.